The van der Waals surface area contributed by atoms with E-state index in [1.54, 1.807) is 0 Å². The average molecular weight is 737 g/mol. The van der Waals surface area contributed by atoms with E-state index in [1.165, 1.54) is 21.9 Å². The van der Waals surface area contributed by atoms with Gasteiger partial charge in [-0.2, -0.15) is 9.97 Å². The first-order chi connectivity index (χ1) is 28.2. The summed E-state index contributed by atoms with van der Waals surface area (Å²) in [5.74, 6) is 2.17. The van der Waals surface area contributed by atoms with E-state index in [0.717, 1.165) is 72.8 Å². The lowest BCUT2D eigenvalue weighted by Gasteiger charge is -2.22. The Morgan fingerprint density at radius 1 is 0.509 bits per heavy atom. The quantitative estimate of drug-likeness (QED) is 0.177. The van der Waals surface area contributed by atoms with Crippen molar-refractivity contribution < 1.29 is 4.42 Å². The van der Waals surface area contributed by atoms with Crippen LogP contribution < -0.4 is 0 Å². The van der Waals surface area contributed by atoms with Crippen LogP contribution in [0.15, 0.2) is 174 Å². The van der Waals surface area contributed by atoms with Gasteiger partial charge >= 0.3 is 0 Å². The first kappa shape index (κ1) is 34.4. The third-order valence-electron chi connectivity index (χ3n) is 11.0. The highest BCUT2D eigenvalue weighted by molar-refractivity contribution is 6.11. The number of nitrogens with zero attached hydrogens (tertiary/aromatic N) is 4. The van der Waals surface area contributed by atoms with Crippen LogP contribution in [0.1, 0.15) is 37.6 Å². The van der Waals surface area contributed by atoms with Crippen LogP contribution in [0.5, 0.6) is 0 Å². The minimum Gasteiger partial charge on any atom is -0.456 e. The zero-order valence-electron chi connectivity index (χ0n) is 32.1. The molecular weight excluding hydrogens is 697 g/mol. The third kappa shape index (κ3) is 5.91. The summed E-state index contributed by atoms with van der Waals surface area (Å²) in [6.07, 6.45) is 3.33. The normalized spacial score (nSPS) is 13.7. The van der Waals surface area contributed by atoms with Crippen molar-refractivity contribution in [2.45, 2.75) is 27.2 Å². The van der Waals surface area contributed by atoms with Crippen LogP contribution in [0.2, 0.25) is 0 Å². The van der Waals surface area contributed by atoms with Gasteiger partial charge in [0.05, 0.1) is 11.2 Å². The minimum absolute atomic E-state index is 0.321. The standard InChI is InChI=1S/C50H34N4O.C2H6/c1-31-28-41(37-25-27-45-42(30-37)39-18-10-11-19-44(39)55-45)47-43(29-31)40-26-24-34-14-8-9-17-38(34)46(40)54(47)50-52-48(35-15-6-3-7-16-35)51-49(53-50)36-22-20-33(21-23-36)32-12-4-2-5-13-32;1-2/h2-28,30-31H,29H2,1H3;1-2H3. The van der Waals surface area contributed by atoms with Gasteiger partial charge in [0, 0.05) is 38.2 Å². The second-order valence-electron chi connectivity index (χ2n) is 14.5. The van der Waals surface area contributed by atoms with Crippen LogP contribution in [0.4, 0.5) is 0 Å². The van der Waals surface area contributed by atoms with Gasteiger partial charge in [0.1, 0.15) is 11.2 Å². The number of benzene rings is 7. The van der Waals surface area contributed by atoms with Crippen LogP contribution >= 0.6 is 0 Å². The highest BCUT2D eigenvalue weighted by atomic mass is 16.3. The zero-order chi connectivity index (χ0) is 38.5. The number of furan rings is 1. The number of hydrogen-bond acceptors (Lipinski definition) is 4. The van der Waals surface area contributed by atoms with Crippen LogP contribution in [-0.2, 0) is 6.42 Å². The first-order valence-electron chi connectivity index (χ1n) is 19.8. The topological polar surface area (TPSA) is 56.7 Å². The van der Waals surface area contributed by atoms with Crippen molar-refractivity contribution in [3.05, 3.63) is 187 Å². The van der Waals surface area contributed by atoms with Crippen LogP contribution in [0, 0.1) is 5.92 Å². The summed E-state index contributed by atoms with van der Waals surface area (Å²) in [7, 11) is 0. The van der Waals surface area contributed by atoms with E-state index in [4.69, 9.17) is 19.4 Å². The summed E-state index contributed by atoms with van der Waals surface area (Å²) in [6.45, 7) is 6.31. The first-order valence-corrected chi connectivity index (χ1v) is 19.8. The molecule has 10 aromatic rings. The Bertz CT molecular complexity index is 3120. The van der Waals surface area contributed by atoms with E-state index in [2.05, 4.69) is 145 Å². The molecule has 0 radical (unpaired) electrons. The summed E-state index contributed by atoms with van der Waals surface area (Å²) in [4.78, 5) is 15.8. The fourth-order valence-corrected chi connectivity index (χ4v) is 8.43. The van der Waals surface area contributed by atoms with Crippen LogP contribution in [0.3, 0.4) is 0 Å². The zero-order valence-corrected chi connectivity index (χ0v) is 32.1. The third-order valence-corrected chi connectivity index (χ3v) is 11.0. The van der Waals surface area contributed by atoms with Crippen LogP contribution in [0.25, 0.3) is 89.0 Å². The van der Waals surface area contributed by atoms with E-state index in [0.29, 0.717) is 23.5 Å². The van der Waals surface area contributed by atoms with Gasteiger partial charge in [-0.15, -0.1) is 0 Å². The molecule has 1 atom stereocenters. The number of rotatable bonds is 5. The van der Waals surface area contributed by atoms with E-state index >= 15 is 0 Å². The second kappa shape index (κ2) is 14.2. The molecule has 0 spiro atoms. The van der Waals surface area contributed by atoms with E-state index in [-0.39, 0.29) is 0 Å². The van der Waals surface area contributed by atoms with Gasteiger partial charge in [-0.25, -0.2) is 4.98 Å². The molecule has 5 nitrogen and oxygen atoms in total. The molecule has 5 heteroatoms. The lowest BCUT2D eigenvalue weighted by molar-refractivity contribution is 0.669. The molecule has 1 unspecified atom stereocenters. The Hall–Kier alpha value is -7.11. The van der Waals surface area contributed by atoms with E-state index in [9.17, 15) is 0 Å². The Kier molecular flexibility index (Phi) is 8.56. The van der Waals surface area contributed by atoms with Crippen molar-refractivity contribution in [3.8, 4) is 39.9 Å². The predicted octanol–water partition coefficient (Wildman–Crippen LogP) is 13.5. The predicted molar refractivity (Wildman–Crippen MR) is 235 cm³/mol. The highest BCUT2D eigenvalue weighted by Gasteiger charge is 2.30. The molecule has 0 N–H and O–H groups in total. The number of allylic oxidation sites excluding steroid dienone is 1. The highest BCUT2D eigenvalue weighted by Crippen LogP contribution is 2.44. The Morgan fingerprint density at radius 2 is 1.09 bits per heavy atom. The summed E-state index contributed by atoms with van der Waals surface area (Å²) in [6, 6.07) is 57.2. The number of fused-ring (bicyclic) bond motifs is 8. The fourth-order valence-electron chi connectivity index (χ4n) is 8.43. The molecule has 1 aliphatic rings. The molecule has 0 bridgehead atoms. The van der Waals surface area contributed by atoms with Crippen molar-refractivity contribution in [1.82, 2.24) is 19.5 Å². The Morgan fingerprint density at radius 3 is 1.84 bits per heavy atom. The van der Waals surface area contributed by atoms with Crippen molar-refractivity contribution in [3.63, 3.8) is 0 Å². The Labute approximate surface area is 331 Å². The molecule has 0 saturated heterocycles. The molecule has 0 saturated carbocycles. The molecular formula is C52H40N4O. The van der Waals surface area contributed by atoms with Gasteiger partial charge in [-0.05, 0) is 58.2 Å². The van der Waals surface area contributed by atoms with E-state index in [1.807, 2.05) is 50.2 Å². The molecule has 7 aromatic carbocycles. The van der Waals surface area contributed by atoms with E-state index < -0.39 is 0 Å². The van der Waals surface area contributed by atoms with Gasteiger partial charge in [0.2, 0.25) is 5.95 Å². The summed E-state index contributed by atoms with van der Waals surface area (Å²) in [5.41, 5.74) is 11.8. The maximum absolute atomic E-state index is 6.27. The Balaban J connectivity index is 0.00000195. The van der Waals surface area contributed by atoms with Gasteiger partial charge < -0.3 is 4.42 Å². The van der Waals surface area contributed by atoms with Gasteiger partial charge in [-0.1, -0.05) is 172 Å². The maximum atomic E-state index is 6.27. The SMILES string of the molecule is CC.CC1C=C(c2ccc3oc4ccccc4c3c2)c2c(c3ccc4ccccc4c3n2-c2nc(-c3ccccc3)nc(-c3ccc(-c4ccccc4)cc3)n2)C1. The molecule has 0 aliphatic heterocycles. The summed E-state index contributed by atoms with van der Waals surface area (Å²) < 4.78 is 8.58. The van der Waals surface area contributed by atoms with Crippen molar-refractivity contribution in [2.75, 3.05) is 0 Å². The van der Waals surface area contributed by atoms with Gasteiger partial charge in [0.25, 0.3) is 0 Å². The summed E-state index contributed by atoms with van der Waals surface area (Å²) in [5, 5.41) is 5.77. The van der Waals surface area contributed by atoms with Gasteiger partial charge in [-0.3, -0.25) is 4.57 Å². The lowest BCUT2D eigenvalue weighted by Crippen LogP contribution is -2.13. The molecule has 11 rings (SSSR count). The maximum Gasteiger partial charge on any atom is 0.238 e. The number of hydrogen-bond donors (Lipinski definition) is 0. The van der Waals surface area contributed by atoms with Crippen molar-refractivity contribution in [2.24, 2.45) is 5.92 Å². The molecule has 1 aliphatic carbocycles. The molecule has 0 fully saturated rings. The second-order valence-corrected chi connectivity index (χ2v) is 14.5. The summed E-state index contributed by atoms with van der Waals surface area (Å²) >= 11 is 0. The molecule has 3 heterocycles. The smallest absolute Gasteiger partial charge is 0.238 e. The van der Waals surface area contributed by atoms with Gasteiger partial charge in [0.15, 0.2) is 11.6 Å². The molecule has 3 aromatic heterocycles. The molecule has 0 amide bonds. The largest absolute Gasteiger partial charge is 0.456 e. The average Bonchev–Trinajstić information content (AvgIpc) is 3.83. The fraction of sp³-hybridized carbons (Fsp3) is 0.0962. The lowest BCUT2D eigenvalue weighted by atomic mass is 9.85. The van der Waals surface area contributed by atoms with Crippen molar-refractivity contribution >= 4 is 49.2 Å². The monoisotopic (exact) mass is 736 g/mol. The number of aromatic nitrogens is 4. The van der Waals surface area contributed by atoms with Crippen molar-refractivity contribution in [1.29, 1.82) is 0 Å². The molecule has 57 heavy (non-hydrogen) atoms. The van der Waals surface area contributed by atoms with Crippen LogP contribution in [-0.4, -0.2) is 19.5 Å². The molecule has 274 valence electrons. The number of para-hydroxylation sites is 1. The minimum atomic E-state index is 0.321.